The van der Waals surface area contributed by atoms with Crippen LogP contribution in [-0.4, -0.2) is 32.9 Å². The number of rotatable bonds is 4. The van der Waals surface area contributed by atoms with E-state index in [2.05, 4.69) is 6.92 Å². The fourth-order valence-corrected chi connectivity index (χ4v) is 4.40. The van der Waals surface area contributed by atoms with Gasteiger partial charge in [0, 0.05) is 13.1 Å². The second kappa shape index (κ2) is 6.23. The van der Waals surface area contributed by atoms with Gasteiger partial charge in [0.25, 0.3) is 0 Å². The maximum absolute atomic E-state index is 12.7. The summed E-state index contributed by atoms with van der Waals surface area (Å²) in [4.78, 5) is 0.224. The highest BCUT2D eigenvalue weighted by Crippen LogP contribution is 2.31. The quantitative estimate of drug-likeness (QED) is 0.867. The summed E-state index contributed by atoms with van der Waals surface area (Å²) in [6, 6.07) is 4.69. The van der Waals surface area contributed by atoms with Crippen LogP contribution in [0.15, 0.2) is 23.1 Å². The van der Waals surface area contributed by atoms with Crippen molar-refractivity contribution in [3.63, 3.8) is 0 Å². The number of nitrogens with two attached hydrogens (primary N) is 1. The van der Waals surface area contributed by atoms with E-state index in [4.69, 9.17) is 10.5 Å². The van der Waals surface area contributed by atoms with Crippen molar-refractivity contribution >= 4 is 15.7 Å². The number of ether oxygens (including phenoxy) is 1. The molecule has 1 fully saturated rings. The van der Waals surface area contributed by atoms with E-state index in [0.717, 1.165) is 19.3 Å². The van der Waals surface area contributed by atoms with Gasteiger partial charge >= 0.3 is 0 Å². The van der Waals surface area contributed by atoms with Crippen LogP contribution in [0.25, 0.3) is 0 Å². The maximum atomic E-state index is 12.7. The molecule has 1 aliphatic carbocycles. The van der Waals surface area contributed by atoms with Crippen molar-refractivity contribution in [3.8, 4) is 5.75 Å². The predicted octanol–water partition coefficient (Wildman–Crippen LogP) is 2.48. The maximum Gasteiger partial charge on any atom is 0.243 e. The molecule has 0 bridgehead atoms. The fourth-order valence-electron chi connectivity index (χ4n) is 2.97. The molecule has 6 heteroatoms. The summed E-state index contributed by atoms with van der Waals surface area (Å²) < 4.78 is 32.0. The van der Waals surface area contributed by atoms with Crippen LogP contribution < -0.4 is 10.5 Å². The van der Waals surface area contributed by atoms with Crippen LogP contribution >= 0.6 is 0 Å². The standard InChI is InChI=1S/C15H24N2O3S/c1-11-5-4-6-12(9-11)17(2)21(18,19)13-7-8-15(20-3)14(16)10-13/h7-8,10-12H,4-6,9,16H2,1-3H3. The van der Waals surface area contributed by atoms with Crippen molar-refractivity contribution in [1.82, 2.24) is 4.31 Å². The molecule has 0 amide bonds. The highest BCUT2D eigenvalue weighted by molar-refractivity contribution is 7.89. The Labute approximate surface area is 127 Å². The van der Waals surface area contributed by atoms with Crippen LogP contribution in [0, 0.1) is 5.92 Å². The molecule has 1 aromatic carbocycles. The van der Waals surface area contributed by atoms with Gasteiger partial charge in [0.2, 0.25) is 10.0 Å². The van der Waals surface area contributed by atoms with Gasteiger partial charge in [-0.25, -0.2) is 8.42 Å². The first-order valence-corrected chi connectivity index (χ1v) is 8.71. The van der Waals surface area contributed by atoms with Crippen molar-refractivity contribution < 1.29 is 13.2 Å². The lowest BCUT2D eigenvalue weighted by Crippen LogP contribution is -2.39. The number of benzene rings is 1. The second-order valence-corrected chi connectivity index (χ2v) is 7.85. The lowest BCUT2D eigenvalue weighted by molar-refractivity contribution is 0.239. The SMILES string of the molecule is COc1ccc(S(=O)(=O)N(C)C2CCCC(C)C2)cc1N. The molecule has 1 saturated carbocycles. The molecule has 5 nitrogen and oxygen atoms in total. The molecular formula is C15H24N2O3S. The number of nitrogens with zero attached hydrogens (tertiary/aromatic N) is 1. The third-order valence-electron chi connectivity index (χ3n) is 4.30. The first-order chi connectivity index (χ1) is 9.86. The molecule has 0 heterocycles. The fraction of sp³-hybridized carbons (Fsp3) is 0.600. The van der Waals surface area contributed by atoms with Crippen LogP contribution in [0.4, 0.5) is 5.69 Å². The number of hydrogen-bond acceptors (Lipinski definition) is 4. The number of sulfonamides is 1. The lowest BCUT2D eigenvalue weighted by Gasteiger charge is -2.33. The van der Waals surface area contributed by atoms with Crippen LogP contribution in [0.2, 0.25) is 0 Å². The Morgan fingerprint density at radius 2 is 2.05 bits per heavy atom. The van der Waals surface area contributed by atoms with Crippen molar-refractivity contribution in [1.29, 1.82) is 0 Å². The molecule has 1 aromatic rings. The minimum Gasteiger partial charge on any atom is -0.495 e. The van der Waals surface area contributed by atoms with Gasteiger partial charge in [-0.2, -0.15) is 4.31 Å². The zero-order valence-electron chi connectivity index (χ0n) is 12.9. The third kappa shape index (κ3) is 3.32. The van der Waals surface area contributed by atoms with Crippen molar-refractivity contribution in [2.24, 2.45) is 5.92 Å². The molecule has 2 atom stereocenters. The van der Waals surface area contributed by atoms with E-state index < -0.39 is 10.0 Å². The van der Waals surface area contributed by atoms with Crippen molar-refractivity contribution in [2.75, 3.05) is 19.9 Å². The predicted molar refractivity (Wildman–Crippen MR) is 83.8 cm³/mol. The second-order valence-electron chi connectivity index (χ2n) is 5.85. The molecule has 2 rings (SSSR count). The normalized spacial score (nSPS) is 23.2. The van der Waals surface area contributed by atoms with Crippen LogP contribution in [0.5, 0.6) is 5.75 Å². The van der Waals surface area contributed by atoms with Gasteiger partial charge in [0.15, 0.2) is 0 Å². The Balaban J connectivity index is 2.26. The molecular weight excluding hydrogens is 288 g/mol. The largest absolute Gasteiger partial charge is 0.495 e. The van der Waals surface area contributed by atoms with Crippen LogP contribution in [0.3, 0.4) is 0 Å². The molecule has 1 aliphatic rings. The first-order valence-electron chi connectivity index (χ1n) is 7.27. The van der Waals surface area contributed by atoms with Crippen molar-refractivity contribution in [3.05, 3.63) is 18.2 Å². The lowest BCUT2D eigenvalue weighted by atomic mass is 9.87. The molecule has 2 N–H and O–H groups in total. The molecule has 21 heavy (non-hydrogen) atoms. The van der Waals surface area contributed by atoms with Gasteiger partial charge < -0.3 is 10.5 Å². The minimum absolute atomic E-state index is 0.0714. The topological polar surface area (TPSA) is 72.6 Å². The van der Waals surface area contributed by atoms with E-state index in [1.54, 1.807) is 19.2 Å². The van der Waals surface area contributed by atoms with Gasteiger partial charge in [-0.3, -0.25) is 0 Å². The molecule has 0 aromatic heterocycles. The van der Waals surface area contributed by atoms with E-state index >= 15 is 0 Å². The Morgan fingerprint density at radius 1 is 1.33 bits per heavy atom. The summed E-state index contributed by atoms with van der Waals surface area (Å²) in [6.45, 7) is 2.18. The zero-order chi connectivity index (χ0) is 15.6. The summed E-state index contributed by atoms with van der Waals surface area (Å²) in [6.07, 6.45) is 4.10. The Hall–Kier alpha value is -1.27. The first kappa shape index (κ1) is 16.1. The molecule has 118 valence electrons. The van der Waals surface area contributed by atoms with Gasteiger partial charge in [0.05, 0.1) is 17.7 Å². The van der Waals surface area contributed by atoms with Gasteiger partial charge in [0.1, 0.15) is 5.75 Å². The van der Waals surface area contributed by atoms with Crippen molar-refractivity contribution in [2.45, 2.75) is 43.5 Å². The number of anilines is 1. The molecule has 2 unspecified atom stereocenters. The molecule has 0 spiro atoms. The molecule has 0 radical (unpaired) electrons. The van der Waals surface area contributed by atoms with E-state index in [1.165, 1.54) is 23.9 Å². The van der Waals surface area contributed by atoms with E-state index in [1.807, 2.05) is 0 Å². The van der Waals surface area contributed by atoms with E-state index in [-0.39, 0.29) is 10.9 Å². The Morgan fingerprint density at radius 3 is 2.62 bits per heavy atom. The molecule has 0 saturated heterocycles. The summed E-state index contributed by atoms with van der Waals surface area (Å²) in [5.74, 6) is 1.06. The molecule has 0 aliphatic heterocycles. The average molecular weight is 312 g/mol. The highest BCUT2D eigenvalue weighted by Gasteiger charge is 2.31. The number of nitrogen functional groups attached to an aromatic ring is 1. The summed E-state index contributed by atoms with van der Waals surface area (Å²) >= 11 is 0. The summed E-state index contributed by atoms with van der Waals surface area (Å²) in [5, 5.41) is 0. The average Bonchev–Trinajstić information content (AvgIpc) is 2.46. The summed E-state index contributed by atoms with van der Waals surface area (Å²) in [7, 11) is -0.337. The summed E-state index contributed by atoms with van der Waals surface area (Å²) in [5.41, 5.74) is 6.16. The Bertz CT molecular complexity index is 601. The highest BCUT2D eigenvalue weighted by atomic mass is 32.2. The Kier molecular flexibility index (Phi) is 4.78. The number of hydrogen-bond donors (Lipinski definition) is 1. The smallest absolute Gasteiger partial charge is 0.243 e. The van der Waals surface area contributed by atoms with Crippen LogP contribution in [-0.2, 0) is 10.0 Å². The van der Waals surface area contributed by atoms with Gasteiger partial charge in [-0.05, 0) is 37.0 Å². The van der Waals surface area contributed by atoms with Crippen LogP contribution in [0.1, 0.15) is 32.6 Å². The zero-order valence-corrected chi connectivity index (χ0v) is 13.7. The van der Waals surface area contributed by atoms with Gasteiger partial charge in [-0.1, -0.05) is 19.8 Å². The van der Waals surface area contributed by atoms with E-state index in [9.17, 15) is 8.42 Å². The third-order valence-corrected chi connectivity index (χ3v) is 6.21. The minimum atomic E-state index is -3.51. The van der Waals surface area contributed by atoms with Gasteiger partial charge in [-0.15, -0.1) is 0 Å². The monoisotopic (exact) mass is 312 g/mol. The number of methoxy groups -OCH3 is 1. The van der Waals surface area contributed by atoms with E-state index in [0.29, 0.717) is 17.4 Å².